The topological polar surface area (TPSA) is 12.0 Å². The quantitative estimate of drug-likeness (QED) is 0.200. The van der Waals surface area contributed by atoms with Crippen LogP contribution in [0.15, 0.2) is 151 Å². The van der Waals surface area contributed by atoms with Gasteiger partial charge >= 0.3 is 0 Å². The van der Waals surface area contributed by atoms with Crippen molar-refractivity contribution in [2.75, 3.05) is 5.32 Å². The molecule has 0 bridgehead atoms. The van der Waals surface area contributed by atoms with E-state index in [4.69, 9.17) is 0 Å². The molecule has 0 fully saturated rings. The number of rotatable bonds is 4. The summed E-state index contributed by atoms with van der Waals surface area (Å²) in [6, 6.07) is 48.0. The van der Waals surface area contributed by atoms with Crippen LogP contribution in [0.2, 0.25) is 0 Å². The number of nitrogens with one attached hydrogen (secondary N) is 1. The highest BCUT2D eigenvalue weighted by Crippen LogP contribution is 2.58. The van der Waals surface area contributed by atoms with Gasteiger partial charge in [0.25, 0.3) is 0 Å². The third-order valence-electron chi connectivity index (χ3n) is 11.5. The van der Waals surface area contributed by atoms with Crippen LogP contribution in [0.25, 0.3) is 42.4 Å². The predicted molar refractivity (Wildman–Crippen MR) is 209 cm³/mol. The van der Waals surface area contributed by atoms with Gasteiger partial charge in [-0.3, -0.25) is 0 Å². The molecule has 3 aliphatic carbocycles. The number of anilines is 2. The van der Waals surface area contributed by atoms with Gasteiger partial charge < -0.3 is 5.32 Å². The van der Waals surface area contributed by atoms with E-state index in [0.717, 1.165) is 17.8 Å². The molecule has 10 rings (SSSR count). The molecular formula is C47H37NS. The molecule has 7 aromatic rings. The molecule has 2 heteroatoms. The lowest BCUT2D eigenvalue weighted by molar-refractivity contribution is 0.615. The minimum absolute atomic E-state index is 0.0532. The largest absolute Gasteiger partial charge is 0.356 e. The summed E-state index contributed by atoms with van der Waals surface area (Å²) in [4.78, 5) is 0. The van der Waals surface area contributed by atoms with Crippen molar-refractivity contribution < 1.29 is 0 Å². The number of fused-ring (bicyclic) bond motifs is 9. The van der Waals surface area contributed by atoms with E-state index in [1.807, 2.05) is 11.3 Å². The van der Waals surface area contributed by atoms with E-state index in [1.54, 1.807) is 0 Å². The smallest absolute Gasteiger partial charge is 0.0677 e. The molecule has 1 unspecified atom stereocenters. The first-order valence-electron chi connectivity index (χ1n) is 17.5. The third-order valence-corrected chi connectivity index (χ3v) is 12.6. The van der Waals surface area contributed by atoms with Gasteiger partial charge in [-0.05, 0) is 105 Å². The van der Waals surface area contributed by atoms with Gasteiger partial charge in [0.2, 0.25) is 0 Å². The monoisotopic (exact) mass is 647 g/mol. The Balaban J connectivity index is 1.10. The van der Waals surface area contributed by atoms with Crippen LogP contribution in [0.1, 0.15) is 55.0 Å². The lowest BCUT2D eigenvalue weighted by Crippen LogP contribution is -2.31. The number of allylic oxidation sites excluding steroid dienone is 4. The van der Waals surface area contributed by atoms with Crippen LogP contribution in [-0.4, -0.2) is 0 Å². The van der Waals surface area contributed by atoms with Gasteiger partial charge in [-0.2, -0.15) is 0 Å². The van der Waals surface area contributed by atoms with Crippen molar-refractivity contribution in [2.24, 2.45) is 5.92 Å². The van der Waals surface area contributed by atoms with Gasteiger partial charge in [-0.25, -0.2) is 0 Å². The number of thiophene rings is 1. The molecule has 0 spiro atoms. The second-order valence-electron chi connectivity index (χ2n) is 14.7. The van der Waals surface area contributed by atoms with Crippen molar-refractivity contribution in [3.05, 3.63) is 179 Å². The Morgan fingerprint density at radius 3 is 2.10 bits per heavy atom. The summed E-state index contributed by atoms with van der Waals surface area (Å²) in [6.07, 6.45) is 8.02. The summed E-state index contributed by atoms with van der Waals surface area (Å²) in [6.45, 7) is 7.08. The highest BCUT2D eigenvalue weighted by atomic mass is 32.1. The average molecular weight is 648 g/mol. The Morgan fingerprint density at radius 1 is 0.592 bits per heavy atom. The summed E-state index contributed by atoms with van der Waals surface area (Å²) < 4.78 is 2.73. The molecule has 0 radical (unpaired) electrons. The molecular weight excluding hydrogens is 611 g/mol. The minimum Gasteiger partial charge on any atom is -0.356 e. The van der Waals surface area contributed by atoms with Gasteiger partial charge in [-0.1, -0.05) is 130 Å². The molecule has 6 aromatic carbocycles. The Hall–Kier alpha value is -5.18. The first-order valence-corrected chi connectivity index (χ1v) is 18.3. The van der Waals surface area contributed by atoms with Crippen LogP contribution < -0.4 is 5.32 Å². The minimum atomic E-state index is -0.348. The first kappa shape index (κ1) is 28.8. The molecule has 1 heterocycles. The molecule has 1 N–H and O–H groups in total. The number of hydrogen-bond acceptors (Lipinski definition) is 2. The molecule has 49 heavy (non-hydrogen) atoms. The summed E-state index contributed by atoms with van der Waals surface area (Å²) >= 11 is 1.91. The maximum Gasteiger partial charge on any atom is 0.0677 e. The molecule has 0 amide bonds. The fourth-order valence-electron chi connectivity index (χ4n) is 9.24. The standard InChI is InChI=1S/C47H37NS/c1-29-12-10-13-30(24-29)47(41-19-7-4-16-34(41)35-17-5-8-20-42(35)47)31-14-11-15-32(25-31)48-33-22-23-40-37(26-33)38-27-39-36-18-6-9-21-44(36)49-45(39)28-43(38)46(40,2)3/h4-23,25-29,48H,24H2,1-3H3. The van der Waals surface area contributed by atoms with E-state index in [-0.39, 0.29) is 10.8 Å². The lowest BCUT2D eigenvalue weighted by Gasteiger charge is -2.38. The maximum absolute atomic E-state index is 3.86. The molecule has 1 nitrogen and oxygen atoms in total. The highest BCUT2D eigenvalue weighted by molar-refractivity contribution is 7.25. The van der Waals surface area contributed by atoms with E-state index < -0.39 is 0 Å². The molecule has 1 aromatic heterocycles. The van der Waals surface area contributed by atoms with Gasteiger partial charge in [0.15, 0.2) is 0 Å². The van der Waals surface area contributed by atoms with E-state index in [1.165, 1.54) is 75.8 Å². The fraction of sp³-hybridized carbons (Fsp3) is 0.149. The van der Waals surface area contributed by atoms with Gasteiger partial charge in [-0.15, -0.1) is 11.3 Å². The zero-order valence-corrected chi connectivity index (χ0v) is 28.9. The van der Waals surface area contributed by atoms with Gasteiger partial charge in [0.05, 0.1) is 5.41 Å². The zero-order chi connectivity index (χ0) is 32.9. The Bertz CT molecular complexity index is 2510. The van der Waals surface area contributed by atoms with E-state index in [2.05, 4.69) is 172 Å². The lowest BCUT2D eigenvalue weighted by atomic mass is 9.64. The van der Waals surface area contributed by atoms with Gasteiger partial charge in [0, 0.05) is 37.0 Å². The van der Waals surface area contributed by atoms with Crippen molar-refractivity contribution in [3.63, 3.8) is 0 Å². The molecule has 1 atom stereocenters. The number of benzene rings is 6. The van der Waals surface area contributed by atoms with Crippen molar-refractivity contribution >= 4 is 42.9 Å². The molecule has 236 valence electrons. The van der Waals surface area contributed by atoms with Crippen LogP contribution in [0, 0.1) is 5.92 Å². The second kappa shape index (κ2) is 10.4. The first-order chi connectivity index (χ1) is 23.9. The fourth-order valence-corrected chi connectivity index (χ4v) is 10.4. The Morgan fingerprint density at radius 2 is 1.31 bits per heavy atom. The molecule has 0 saturated carbocycles. The van der Waals surface area contributed by atoms with Crippen molar-refractivity contribution in [1.82, 2.24) is 0 Å². The maximum atomic E-state index is 3.86. The summed E-state index contributed by atoms with van der Waals surface area (Å²) in [5.41, 5.74) is 15.5. The molecule has 3 aliphatic rings. The van der Waals surface area contributed by atoms with Crippen molar-refractivity contribution in [3.8, 4) is 22.3 Å². The van der Waals surface area contributed by atoms with Crippen LogP contribution >= 0.6 is 11.3 Å². The van der Waals surface area contributed by atoms with E-state index in [9.17, 15) is 0 Å². The molecule has 0 aliphatic heterocycles. The summed E-state index contributed by atoms with van der Waals surface area (Å²) in [7, 11) is 0. The summed E-state index contributed by atoms with van der Waals surface area (Å²) in [5.74, 6) is 0.491. The third kappa shape index (κ3) is 4.04. The van der Waals surface area contributed by atoms with Crippen LogP contribution in [0.3, 0.4) is 0 Å². The van der Waals surface area contributed by atoms with Crippen LogP contribution in [0.5, 0.6) is 0 Å². The normalized spacial score (nSPS) is 17.8. The van der Waals surface area contributed by atoms with Crippen molar-refractivity contribution in [1.29, 1.82) is 0 Å². The van der Waals surface area contributed by atoms with Crippen molar-refractivity contribution in [2.45, 2.75) is 38.0 Å². The highest BCUT2D eigenvalue weighted by Gasteiger charge is 2.47. The second-order valence-corrected chi connectivity index (χ2v) is 15.8. The van der Waals surface area contributed by atoms with E-state index >= 15 is 0 Å². The van der Waals surface area contributed by atoms with Crippen LogP contribution in [0.4, 0.5) is 11.4 Å². The van der Waals surface area contributed by atoms with Gasteiger partial charge in [0.1, 0.15) is 0 Å². The van der Waals surface area contributed by atoms with E-state index in [0.29, 0.717) is 5.92 Å². The average Bonchev–Trinajstić information content (AvgIpc) is 3.71. The predicted octanol–water partition coefficient (Wildman–Crippen LogP) is 12.9. The number of hydrogen-bond donors (Lipinski definition) is 1. The Kier molecular flexibility index (Phi) is 6.12. The Labute approximate surface area is 292 Å². The zero-order valence-electron chi connectivity index (χ0n) is 28.0. The SMILES string of the molecule is CC1C=CC=C(C2(c3cccc(Nc4ccc5c(c4)-c4cc6c(cc4C5(C)C)sc4ccccc46)c3)c3ccccc3-c3ccccc32)C1. The molecule has 0 saturated heterocycles. The van der Waals surface area contributed by atoms with Crippen LogP contribution in [-0.2, 0) is 10.8 Å². The summed E-state index contributed by atoms with van der Waals surface area (Å²) in [5, 5.41) is 6.57.